The summed E-state index contributed by atoms with van der Waals surface area (Å²) in [4.78, 5) is 0. The van der Waals surface area contributed by atoms with Crippen LogP contribution in [0.3, 0.4) is 0 Å². The summed E-state index contributed by atoms with van der Waals surface area (Å²) in [5.41, 5.74) is 2.23. The third kappa shape index (κ3) is 3.24. The standard InChI is InChI=1S/C12H11Br2NOS/c1-16-12-3-2-9(13)4-11(12)15-5-8-6-17-7-10(8)14/h2-4,6-7,15H,5H2,1H3. The van der Waals surface area contributed by atoms with Crippen LogP contribution >= 0.6 is 43.2 Å². The summed E-state index contributed by atoms with van der Waals surface area (Å²) in [7, 11) is 1.68. The first-order valence-electron chi connectivity index (χ1n) is 4.98. The van der Waals surface area contributed by atoms with Crippen LogP contribution in [0.2, 0.25) is 0 Å². The smallest absolute Gasteiger partial charge is 0.142 e. The van der Waals surface area contributed by atoms with Crippen molar-refractivity contribution in [3.8, 4) is 5.75 Å². The molecule has 0 atom stereocenters. The molecule has 1 N–H and O–H groups in total. The molecule has 2 rings (SSSR count). The molecule has 0 aliphatic carbocycles. The van der Waals surface area contributed by atoms with Gasteiger partial charge in [0.25, 0.3) is 0 Å². The number of rotatable bonds is 4. The largest absolute Gasteiger partial charge is 0.495 e. The molecule has 0 fully saturated rings. The van der Waals surface area contributed by atoms with Gasteiger partial charge in [-0.1, -0.05) is 15.9 Å². The van der Waals surface area contributed by atoms with Gasteiger partial charge in [-0.3, -0.25) is 0 Å². The molecule has 2 aromatic rings. The fourth-order valence-electron chi connectivity index (χ4n) is 1.44. The van der Waals surface area contributed by atoms with Crippen LogP contribution in [0.25, 0.3) is 0 Å². The number of nitrogens with one attached hydrogen (secondary N) is 1. The Morgan fingerprint density at radius 1 is 1.29 bits per heavy atom. The van der Waals surface area contributed by atoms with E-state index >= 15 is 0 Å². The number of methoxy groups -OCH3 is 1. The first-order chi connectivity index (χ1) is 8.20. The van der Waals surface area contributed by atoms with Crippen LogP contribution in [0.1, 0.15) is 5.56 Å². The molecule has 90 valence electrons. The molecule has 0 radical (unpaired) electrons. The zero-order valence-corrected chi connectivity index (χ0v) is 13.2. The molecular formula is C12H11Br2NOS. The zero-order chi connectivity index (χ0) is 12.3. The van der Waals surface area contributed by atoms with Crippen LogP contribution in [-0.2, 0) is 6.54 Å². The molecule has 17 heavy (non-hydrogen) atoms. The van der Waals surface area contributed by atoms with Gasteiger partial charge in [0.2, 0.25) is 0 Å². The first kappa shape index (κ1) is 12.9. The summed E-state index contributed by atoms with van der Waals surface area (Å²) >= 11 is 8.66. The number of anilines is 1. The maximum Gasteiger partial charge on any atom is 0.142 e. The number of ether oxygens (including phenoxy) is 1. The third-order valence-electron chi connectivity index (χ3n) is 2.32. The summed E-state index contributed by atoms with van der Waals surface area (Å²) in [5.74, 6) is 0.847. The molecule has 0 unspecified atom stereocenters. The van der Waals surface area contributed by atoms with Crippen molar-refractivity contribution in [3.05, 3.63) is 43.5 Å². The first-order valence-corrected chi connectivity index (χ1v) is 7.51. The molecule has 0 spiro atoms. The lowest BCUT2D eigenvalue weighted by Crippen LogP contribution is -2.00. The molecule has 1 heterocycles. The van der Waals surface area contributed by atoms with Crippen LogP contribution in [0.4, 0.5) is 5.69 Å². The Balaban J connectivity index is 2.13. The van der Waals surface area contributed by atoms with Gasteiger partial charge in [-0.05, 0) is 45.1 Å². The number of hydrogen-bond acceptors (Lipinski definition) is 3. The average Bonchev–Trinajstić information content (AvgIpc) is 2.72. The highest BCUT2D eigenvalue weighted by atomic mass is 79.9. The van der Waals surface area contributed by atoms with Crippen LogP contribution < -0.4 is 10.1 Å². The summed E-state index contributed by atoms with van der Waals surface area (Å²) in [6.45, 7) is 0.775. The summed E-state index contributed by atoms with van der Waals surface area (Å²) < 4.78 is 7.48. The van der Waals surface area contributed by atoms with Gasteiger partial charge in [-0.2, -0.15) is 11.3 Å². The highest BCUT2D eigenvalue weighted by Crippen LogP contribution is 2.29. The summed E-state index contributed by atoms with van der Waals surface area (Å²) in [6, 6.07) is 5.92. The van der Waals surface area contributed by atoms with Crippen molar-refractivity contribution in [2.45, 2.75) is 6.54 Å². The molecule has 0 aliphatic rings. The second-order valence-corrected chi connectivity index (χ2v) is 5.96. The number of hydrogen-bond donors (Lipinski definition) is 1. The second kappa shape index (κ2) is 5.89. The summed E-state index contributed by atoms with van der Waals surface area (Å²) in [6.07, 6.45) is 0. The van der Waals surface area contributed by atoms with Crippen molar-refractivity contribution >= 4 is 48.9 Å². The Hall–Kier alpha value is -0.520. The van der Waals surface area contributed by atoms with Crippen molar-refractivity contribution in [3.63, 3.8) is 0 Å². The monoisotopic (exact) mass is 375 g/mol. The van der Waals surface area contributed by atoms with Crippen molar-refractivity contribution in [2.24, 2.45) is 0 Å². The molecule has 0 amide bonds. The Morgan fingerprint density at radius 3 is 2.76 bits per heavy atom. The number of halogens is 2. The van der Waals surface area contributed by atoms with E-state index in [0.29, 0.717) is 0 Å². The fraction of sp³-hybridized carbons (Fsp3) is 0.167. The van der Waals surface area contributed by atoms with E-state index < -0.39 is 0 Å². The van der Waals surface area contributed by atoms with Crippen LogP contribution in [-0.4, -0.2) is 7.11 Å². The molecule has 0 saturated carbocycles. The predicted molar refractivity (Wildman–Crippen MR) is 80.0 cm³/mol. The minimum Gasteiger partial charge on any atom is -0.495 e. The summed E-state index contributed by atoms with van der Waals surface area (Å²) in [5, 5.41) is 7.57. The lowest BCUT2D eigenvalue weighted by molar-refractivity contribution is 0.416. The average molecular weight is 377 g/mol. The molecule has 0 aliphatic heterocycles. The molecule has 1 aromatic carbocycles. The Labute approximate surface area is 121 Å². The van der Waals surface area contributed by atoms with E-state index in [1.165, 1.54) is 5.56 Å². The van der Waals surface area contributed by atoms with E-state index in [9.17, 15) is 0 Å². The SMILES string of the molecule is COc1ccc(Br)cc1NCc1cscc1Br. The van der Waals surface area contributed by atoms with Crippen molar-refractivity contribution in [2.75, 3.05) is 12.4 Å². The van der Waals surface area contributed by atoms with Crippen molar-refractivity contribution in [1.82, 2.24) is 0 Å². The molecule has 2 nitrogen and oxygen atoms in total. The predicted octanol–water partition coefficient (Wildman–Crippen LogP) is 4.89. The molecular weight excluding hydrogens is 366 g/mol. The van der Waals surface area contributed by atoms with Gasteiger partial charge >= 0.3 is 0 Å². The fourth-order valence-corrected chi connectivity index (χ4v) is 3.25. The highest BCUT2D eigenvalue weighted by Gasteiger charge is 2.05. The van der Waals surface area contributed by atoms with Gasteiger partial charge < -0.3 is 10.1 Å². The molecule has 0 saturated heterocycles. The van der Waals surface area contributed by atoms with E-state index in [1.54, 1.807) is 18.4 Å². The van der Waals surface area contributed by atoms with E-state index in [2.05, 4.69) is 47.9 Å². The normalized spacial score (nSPS) is 10.3. The van der Waals surface area contributed by atoms with Crippen molar-refractivity contribution in [1.29, 1.82) is 0 Å². The maximum atomic E-state index is 5.31. The Morgan fingerprint density at radius 2 is 2.12 bits per heavy atom. The third-order valence-corrected chi connectivity index (χ3v) is 4.65. The second-order valence-electron chi connectivity index (χ2n) is 3.44. The van der Waals surface area contributed by atoms with Gasteiger partial charge in [0.05, 0.1) is 12.8 Å². The van der Waals surface area contributed by atoms with Gasteiger partial charge in [0.1, 0.15) is 5.75 Å². The maximum absolute atomic E-state index is 5.31. The zero-order valence-electron chi connectivity index (χ0n) is 9.17. The van der Waals surface area contributed by atoms with Gasteiger partial charge in [-0.15, -0.1) is 0 Å². The van der Waals surface area contributed by atoms with Crippen LogP contribution in [0.15, 0.2) is 37.9 Å². The van der Waals surface area contributed by atoms with Crippen molar-refractivity contribution < 1.29 is 4.74 Å². The van der Waals surface area contributed by atoms with Crippen LogP contribution in [0, 0.1) is 0 Å². The Kier molecular flexibility index (Phi) is 4.48. The minimum absolute atomic E-state index is 0.775. The number of benzene rings is 1. The molecule has 1 aromatic heterocycles. The van der Waals surface area contributed by atoms with Gasteiger partial charge in [0.15, 0.2) is 0 Å². The van der Waals surface area contributed by atoms with Gasteiger partial charge in [-0.25, -0.2) is 0 Å². The lowest BCUT2D eigenvalue weighted by Gasteiger charge is -2.11. The number of thiophene rings is 1. The Bertz CT molecular complexity index is 513. The van der Waals surface area contributed by atoms with Crippen LogP contribution in [0.5, 0.6) is 5.75 Å². The van der Waals surface area contributed by atoms with Gasteiger partial charge in [0, 0.05) is 20.9 Å². The quantitative estimate of drug-likeness (QED) is 0.819. The van der Waals surface area contributed by atoms with E-state index in [-0.39, 0.29) is 0 Å². The topological polar surface area (TPSA) is 21.3 Å². The molecule has 0 bridgehead atoms. The van der Waals surface area contributed by atoms with E-state index in [1.807, 2.05) is 18.2 Å². The molecule has 5 heteroatoms. The lowest BCUT2D eigenvalue weighted by atomic mass is 10.2. The highest BCUT2D eigenvalue weighted by molar-refractivity contribution is 9.10. The van der Waals surface area contributed by atoms with E-state index in [4.69, 9.17) is 4.74 Å². The minimum atomic E-state index is 0.775. The van der Waals surface area contributed by atoms with E-state index in [0.717, 1.165) is 26.9 Å².